The summed E-state index contributed by atoms with van der Waals surface area (Å²) >= 11 is 0. The summed E-state index contributed by atoms with van der Waals surface area (Å²) in [7, 11) is 1.53. The van der Waals surface area contributed by atoms with Gasteiger partial charge in [0.05, 0.1) is 17.7 Å². The van der Waals surface area contributed by atoms with Crippen LogP contribution in [0.4, 0.5) is 15.8 Å². The lowest BCUT2D eigenvalue weighted by molar-refractivity contribution is -0.384. The molecule has 0 bridgehead atoms. The Morgan fingerprint density at radius 2 is 1.87 bits per heavy atom. The fourth-order valence-corrected chi connectivity index (χ4v) is 2.96. The van der Waals surface area contributed by atoms with E-state index < -0.39 is 4.92 Å². The standard InChI is InChI=1S/C24H21FN2O4/c1-3-6-18-13-17(15-26-20-9-11-21(12-10-20)27(28)29)14-23(30-2)24(18)31-16-19-7-4-5-8-22(19)25/h3-5,7-15H,1,6,16H2,2H3. The van der Waals surface area contributed by atoms with Crippen molar-refractivity contribution in [2.75, 3.05) is 7.11 Å². The first-order valence-corrected chi connectivity index (χ1v) is 9.48. The molecule has 0 N–H and O–H groups in total. The molecular weight excluding hydrogens is 399 g/mol. The summed E-state index contributed by atoms with van der Waals surface area (Å²) in [5.41, 5.74) is 2.60. The summed E-state index contributed by atoms with van der Waals surface area (Å²) in [5, 5.41) is 10.8. The largest absolute Gasteiger partial charge is 0.493 e. The van der Waals surface area contributed by atoms with E-state index in [0.717, 1.165) is 11.1 Å². The number of non-ortho nitro benzene ring substituents is 1. The third-order valence-corrected chi connectivity index (χ3v) is 4.49. The highest BCUT2D eigenvalue weighted by atomic mass is 19.1. The molecule has 0 aromatic heterocycles. The van der Waals surface area contributed by atoms with Gasteiger partial charge in [0.15, 0.2) is 11.5 Å². The predicted octanol–water partition coefficient (Wildman–Crippen LogP) is 5.80. The third-order valence-electron chi connectivity index (χ3n) is 4.49. The highest BCUT2D eigenvalue weighted by Gasteiger charge is 2.13. The van der Waals surface area contributed by atoms with Gasteiger partial charge in [-0.05, 0) is 42.3 Å². The van der Waals surface area contributed by atoms with E-state index in [4.69, 9.17) is 9.47 Å². The van der Waals surface area contributed by atoms with Crippen LogP contribution in [0.3, 0.4) is 0 Å². The minimum absolute atomic E-state index is 0.00485. The summed E-state index contributed by atoms with van der Waals surface area (Å²) < 4.78 is 25.3. The third kappa shape index (κ3) is 5.54. The zero-order valence-corrected chi connectivity index (χ0v) is 17.0. The number of hydrogen-bond donors (Lipinski definition) is 0. The summed E-state index contributed by atoms with van der Waals surface area (Å²) in [5.74, 6) is 0.664. The molecule has 7 heteroatoms. The monoisotopic (exact) mass is 420 g/mol. The SMILES string of the molecule is C=CCc1cc(C=Nc2ccc([N+](=O)[O-])cc2)cc(OC)c1OCc1ccccc1F. The van der Waals surface area contributed by atoms with Gasteiger partial charge < -0.3 is 9.47 Å². The summed E-state index contributed by atoms with van der Waals surface area (Å²) in [6.45, 7) is 3.84. The van der Waals surface area contributed by atoms with Crippen molar-refractivity contribution >= 4 is 17.6 Å². The lowest BCUT2D eigenvalue weighted by Crippen LogP contribution is -2.03. The van der Waals surface area contributed by atoms with Crippen molar-refractivity contribution in [3.63, 3.8) is 0 Å². The molecule has 0 unspecified atom stereocenters. The molecule has 6 nitrogen and oxygen atoms in total. The Balaban J connectivity index is 1.87. The number of allylic oxidation sites excluding steroid dienone is 1. The maximum atomic E-state index is 13.9. The minimum Gasteiger partial charge on any atom is -0.493 e. The van der Waals surface area contributed by atoms with Crippen molar-refractivity contribution < 1.29 is 18.8 Å². The second kappa shape index (κ2) is 10.2. The Hall–Kier alpha value is -4.00. The molecule has 0 fully saturated rings. The molecule has 31 heavy (non-hydrogen) atoms. The van der Waals surface area contributed by atoms with E-state index in [-0.39, 0.29) is 18.1 Å². The smallest absolute Gasteiger partial charge is 0.269 e. The quantitative estimate of drug-likeness (QED) is 0.190. The summed E-state index contributed by atoms with van der Waals surface area (Å²) in [4.78, 5) is 14.7. The number of rotatable bonds is 9. The number of aliphatic imine (C=N–C) groups is 1. The molecule has 0 atom stereocenters. The average Bonchev–Trinajstić information content (AvgIpc) is 2.78. The zero-order valence-electron chi connectivity index (χ0n) is 17.0. The maximum absolute atomic E-state index is 13.9. The Morgan fingerprint density at radius 1 is 1.13 bits per heavy atom. The molecule has 3 aromatic rings. The second-order valence-corrected chi connectivity index (χ2v) is 6.62. The number of nitro groups is 1. The van der Waals surface area contributed by atoms with E-state index in [1.54, 1.807) is 48.7 Å². The zero-order chi connectivity index (χ0) is 22.2. The van der Waals surface area contributed by atoms with Gasteiger partial charge in [-0.2, -0.15) is 0 Å². The van der Waals surface area contributed by atoms with Crippen LogP contribution in [-0.2, 0) is 13.0 Å². The van der Waals surface area contributed by atoms with Gasteiger partial charge in [0.25, 0.3) is 5.69 Å². The van der Waals surface area contributed by atoms with Gasteiger partial charge in [-0.15, -0.1) is 6.58 Å². The number of benzene rings is 3. The van der Waals surface area contributed by atoms with Crippen LogP contribution in [0.5, 0.6) is 11.5 Å². The Labute approximate surface area is 179 Å². The molecule has 0 aliphatic rings. The molecule has 0 radical (unpaired) electrons. The van der Waals surface area contributed by atoms with Crippen molar-refractivity contribution in [3.8, 4) is 11.5 Å². The van der Waals surface area contributed by atoms with E-state index in [9.17, 15) is 14.5 Å². The van der Waals surface area contributed by atoms with Crippen LogP contribution in [0.25, 0.3) is 0 Å². The molecule has 0 saturated carbocycles. The van der Waals surface area contributed by atoms with Gasteiger partial charge in [-0.3, -0.25) is 15.1 Å². The highest BCUT2D eigenvalue weighted by molar-refractivity contribution is 5.84. The molecule has 0 aliphatic carbocycles. The maximum Gasteiger partial charge on any atom is 0.269 e. The van der Waals surface area contributed by atoms with Gasteiger partial charge in [0.1, 0.15) is 12.4 Å². The molecule has 3 aromatic carbocycles. The van der Waals surface area contributed by atoms with Crippen molar-refractivity contribution in [2.45, 2.75) is 13.0 Å². The van der Waals surface area contributed by atoms with E-state index in [1.807, 2.05) is 6.07 Å². The van der Waals surface area contributed by atoms with E-state index in [1.165, 1.54) is 25.3 Å². The Kier molecular flexibility index (Phi) is 7.11. The molecule has 0 saturated heterocycles. The minimum atomic E-state index is -0.458. The van der Waals surface area contributed by atoms with Crippen LogP contribution in [0.2, 0.25) is 0 Å². The van der Waals surface area contributed by atoms with Gasteiger partial charge in [0, 0.05) is 29.5 Å². The number of methoxy groups -OCH3 is 1. The molecule has 0 heterocycles. The van der Waals surface area contributed by atoms with Gasteiger partial charge in [0.2, 0.25) is 0 Å². The number of nitro benzene ring substituents is 1. The van der Waals surface area contributed by atoms with Crippen LogP contribution in [-0.4, -0.2) is 18.2 Å². The van der Waals surface area contributed by atoms with Gasteiger partial charge >= 0.3 is 0 Å². The van der Waals surface area contributed by atoms with E-state index >= 15 is 0 Å². The van der Waals surface area contributed by atoms with E-state index in [2.05, 4.69) is 11.6 Å². The van der Waals surface area contributed by atoms with Gasteiger partial charge in [-0.1, -0.05) is 24.3 Å². The van der Waals surface area contributed by atoms with Crippen LogP contribution in [0, 0.1) is 15.9 Å². The highest BCUT2D eigenvalue weighted by Crippen LogP contribution is 2.34. The van der Waals surface area contributed by atoms with Crippen molar-refractivity contribution in [2.24, 2.45) is 4.99 Å². The first-order valence-electron chi connectivity index (χ1n) is 9.48. The average molecular weight is 420 g/mol. The van der Waals surface area contributed by atoms with Crippen molar-refractivity contribution in [3.05, 3.63) is 106 Å². The lowest BCUT2D eigenvalue weighted by atomic mass is 10.1. The second-order valence-electron chi connectivity index (χ2n) is 6.62. The normalized spacial score (nSPS) is 10.8. The van der Waals surface area contributed by atoms with Gasteiger partial charge in [-0.25, -0.2) is 4.39 Å². The fourth-order valence-electron chi connectivity index (χ4n) is 2.96. The predicted molar refractivity (Wildman–Crippen MR) is 118 cm³/mol. The van der Waals surface area contributed by atoms with E-state index in [0.29, 0.717) is 29.2 Å². The Bertz CT molecular complexity index is 1110. The molecule has 0 spiro atoms. The van der Waals surface area contributed by atoms with Crippen LogP contribution < -0.4 is 9.47 Å². The van der Waals surface area contributed by atoms with Crippen LogP contribution >= 0.6 is 0 Å². The van der Waals surface area contributed by atoms with Crippen LogP contribution in [0.1, 0.15) is 16.7 Å². The van der Waals surface area contributed by atoms with Crippen LogP contribution in [0.15, 0.2) is 78.3 Å². The Morgan fingerprint density at radius 3 is 2.52 bits per heavy atom. The topological polar surface area (TPSA) is 74.0 Å². The fraction of sp³-hybridized carbons (Fsp3) is 0.125. The first kappa shape index (κ1) is 21.7. The summed E-state index contributed by atoms with van der Waals surface area (Å²) in [6.07, 6.45) is 3.89. The molecule has 158 valence electrons. The lowest BCUT2D eigenvalue weighted by Gasteiger charge is -2.16. The number of halogens is 1. The molecular formula is C24H21FN2O4. The molecule has 0 amide bonds. The number of hydrogen-bond acceptors (Lipinski definition) is 5. The molecule has 3 rings (SSSR count). The molecule has 0 aliphatic heterocycles. The van der Waals surface area contributed by atoms with Crippen molar-refractivity contribution in [1.82, 2.24) is 0 Å². The number of nitrogens with zero attached hydrogens (tertiary/aromatic N) is 2. The first-order chi connectivity index (χ1) is 15.0. The summed E-state index contributed by atoms with van der Waals surface area (Å²) in [6, 6.07) is 16.0. The number of ether oxygens (including phenoxy) is 2. The van der Waals surface area contributed by atoms with Crippen molar-refractivity contribution in [1.29, 1.82) is 0 Å².